The number of carbonyl (C=O) groups is 2. The highest BCUT2D eigenvalue weighted by Gasteiger charge is 2.23. The Kier molecular flexibility index (Phi) is 5.03. The number of amides is 3. The summed E-state index contributed by atoms with van der Waals surface area (Å²) in [5, 5.41) is 8.02. The molecule has 21 heavy (non-hydrogen) atoms. The third-order valence-electron chi connectivity index (χ3n) is 2.85. The molecular weight excluding hydrogens is 270 g/mol. The molecule has 1 fully saturated rings. The van der Waals surface area contributed by atoms with Crippen molar-refractivity contribution < 1.29 is 14.3 Å². The van der Waals surface area contributed by atoms with Gasteiger partial charge in [-0.05, 0) is 38.8 Å². The van der Waals surface area contributed by atoms with Crippen molar-refractivity contribution in [1.82, 2.24) is 10.6 Å². The minimum Gasteiger partial charge on any atom is -0.489 e. The molecule has 0 bridgehead atoms. The number of anilines is 1. The average Bonchev–Trinajstić information content (AvgIpc) is 3.22. The van der Waals surface area contributed by atoms with Gasteiger partial charge in [0, 0.05) is 6.04 Å². The molecule has 2 rings (SSSR count). The van der Waals surface area contributed by atoms with E-state index in [1.807, 2.05) is 26.0 Å². The Hall–Kier alpha value is -2.24. The van der Waals surface area contributed by atoms with Crippen LogP contribution in [0.5, 0.6) is 5.75 Å². The second kappa shape index (κ2) is 6.97. The molecule has 3 N–H and O–H groups in total. The molecule has 0 aromatic heterocycles. The molecule has 1 saturated carbocycles. The lowest BCUT2D eigenvalue weighted by Crippen LogP contribution is -2.40. The highest BCUT2D eigenvalue weighted by Crippen LogP contribution is 2.24. The molecule has 0 spiro atoms. The molecule has 114 valence electrons. The van der Waals surface area contributed by atoms with Crippen molar-refractivity contribution in [2.75, 3.05) is 11.9 Å². The van der Waals surface area contributed by atoms with Crippen LogP contribution in [0.2, 0.25) is 0 Å². The maximum absolute atomic E-state index is 11.8. The Balaban J connectivity index is 1.82. The number of carbonyl (C=O) groups excluding carboxylic acids is 2. The van der Waals surface area contributed by atoms with E-state index in [0.717, 1.165) is 12.8 Å². The van der Waals surface area contributed by atoms with Crippen LogP contribution in [0.3, 0.4) is 0 Å². The fourth-order valence-electron chi connectivity index (χ4n) is 1.75. The minimum absolute atomic E-state index is 0.0190. The van der Waals surface area contributed by atoms with Crippen LogP contribution in [0.15, 0.2) is 24.3 Å². The van der Waals surface area contributed by atoms with Crippen molar-refractivity contribution in [1.29, 1.82) is 0 Å². The molecule has 1 aliphatic rings. The van der Waals surface area contributed by atoms with Crippen LogP contribution < -0.4 is 20.7 Å². The fraction of sp³-hybridized carbons (Fsp3) is 0.467. The van der Waals surface area contributed by atoms with Gasteiger partial charge in [0.1, 0.15) is 5.75 Å². The van der Waals surface area contributed by atoms with Gasteiger partial charge in [-0.15, -0.1) is 0 Å². The van der Waals surface area contributed by atoms with Gasteiger partial charge in [-0.2, -0.15) is 0 Å². The van der Waals surface area contributed by atoms with Gasteiger partial charge in [0.25, 0.3) is 0 Å². The summed E-state index contributed by atoms with van der Waals surface area (Å²) in [4.78, 5) is 23.3. The summed E-state index contributed by atoms with van der Waals surface area (Å²) >= 11 is 0. The van der Waals surface area contributed by atoms with Crippen molar-refractivity contribution in [2.24, 2.45) is 0 Å². The smallest absolute Gasteiger partial charge is 0.315 e. The quantitative estimate of drug-likeness (QED) is 0.748. The SMILES string of the molecule is CC(C)Oc1ccccc1NC(=O)CNC(=O)NC1CC1. The molecule has 6 heteroatoms. The fourth-order valence-corrected chi connectivity index (χ4v) is 1.75. The first-order chi connectivity index (χ1) is 10.0. The molecule has 0 unspecified atom stereocenters. The molecule has 0 saturated heterocycles. The van der Waals surface area contributed by atoms with Gasteiger partial charge < -0.3 is 20.7 Å². The molecule has 1 aromatic rings. The molecule has 1 aromatic carbocycles. The van der Waals surface area contributed by atoms with E-state index < -0.39 is 0 Å². The van der Waals surface area contributed by atoms with Gasteiger partial charge in [0.2, 0.25) is 5.91 Å². The summed E-state index contributed by atoms with van der Waals surface area (Å²) in [5.41, 5.74) is 0.598. The predicted octanol–water partition coefficient (Wildman–Crippen LogP) is 1.87. The van der Waals surface area contributed by atoms with E-state index in [9.17, 15) is 9.59 Å². The number of ether oxygens (including phenoxy) is 1. The van der Waals surface area contributed by atoms with E-state index in [4.69, 9.17) is 4.74 Å². The molecule has 0 radical (unpaired) electrons. The Morgan fingerprint density at radius 3 is 2.67 bits per heavy atom. The van der Waals surface area contributed by atoms with Crippen LogP contribution in [0.25, 0.3) is 0 Å². The lowest BCUT2D eigenvalue weighted by atomic mass is 10.3. The maximum atomic E-state index is 11.8. The lowest BCUT2D eigenvalue weighted by Gasteiger charge is -2.15. The molecule has 0 atom stereocenters. The van der Waals surface area contributed by atoms with Crippen molar-refractivity contribution in [3.63, 3.8) is 0 Å². The summed E-state index contributed by atoms with van der Waals surface area (Å²) in [6, 6.07) is 7.18. The van der Waals surface area contributed by atoms with Crippen LogP contribution in [-0.2, 0) is 4.79 Å². The van der Waals surface area contributed by atoms with Gasteiger partial charge in [-0.25, -0.2) is 4.79 Å². The second-order valence-electron chi connectivity index (χ2n) is 5.31. The number of para-hydroxylation sites is 2. The highest BCUT2D eigenvalue weighted by molar-refractivity contribution is 5.95. The van der Waals surface area contributed by atoms with Crippen molar-refractivity contribution >= 4 is 17.6 Å². The summed E-state index contributed by atoms with van der Waals surface area (Å²) in [7, 11) is 0. The van der Waals surface area contributed by atoms with Gasteiger partial charge in [-0.1, -0.05) is 12.1 Å². The Labute approximate surface area is 124 Å². The first-order valence-electron chi connectivity index (χ1n) is 7.14. The average molecular weight is 291 g/mol. The number of rotatable bonds is 6. The number of urea groups is 1. The Morgan fingerprint density at radius 2 is 2.00 bits per heavy atom. The van der Waals surface area contributed by atoms with Crippen LogP contribution >= 0.6 is 0 Å². The Morgan fingerprint density at radius 1 is 1.29 bits per heavy atom. The van der Waals surface area contributed by atoms with Crippen LogP contribution in [0, 0.1) is 0 Å². The van der Waals surface area contributed by atoms with E-state index in [2.05, 4.69) is 16.0 Å². The Bertz CT molecular complexity index is 513. The van der Waals surface area contributed by atoms with Gasteiger partial charge in [0.05, 0.1) is 18.3 Å². The summed E-state index contributed by atoms with van der Waals surface area (Å²) < 4.78 is 5.62. The van der Waals surface area contributed by atoms with E-state index in [-0.39, 0.29) is 30.6 Å². The highest BCUT2D eigenvalue weighted by atomic mass is 16.5. The summed E-state index contributed by atoms with van der Waals surface area (Å²) in [5.74, 6) is 0.323. The van der Waals surface area contributed by atoms with E-state index in [1.54, 1.807) is 12.1 Å². The zero-order valence-electron chi connectivity index (χ0n) is 12.3. The zero-order chi connectivity index (χ0) is 15.2. The second-order valence-corrected chi connectivity index (χ2v) is 5.31. The lowest BCUT2D eigenvalue weighted by molar-refractivity contribution is -0.115. The van der Waals surface area contributed by atoms with E-state index in [0.29, 0.717) is 11.4 Å². The zero-order valence-corrected chi connectivity index (χ0v) is 12.3. The van der Waals surface area contributed by atoms with Gasteiger partial charge in [-0.3, -0.25) is 4.79 Å². The molecule has 0 heterocycles. The first-order valence-corrected chi connectivity index (χ1v) is 7.14. The maximum Gasteiger partial charge on any atom is 0.315 e. The molecular formula is C15H21N3O3. The van der Waals surface area contributed by atoms with E-state index in [1.165, 1.54) is 0 Å². The third kappa shape index (κ3) is 5.33. The molecule has 3 amide bonds. The van der Waals surface area contributed by atoms with Crippen LogP contribution in [0.4, 0.5) is 10.5 Å². The molecule has 1 aliphatic carbocycles. The molecule has 0 aliphatic heterocycles. The van der Waals surface area contributed by atoms with Gasteiger partial charge >= 0.3 is 6.03 Å². The van der Waals surface area contributed by atoms with Gasteiger partial charge in [0.15, 0.2) is 0 Å². The number of hydrogen-bond donors (Lipinski definition) is 3. The van der Waals surface area contributed by atoms with Crippen molar-refractivity contribution in [3.05, 3.63) is 24.3 Å². The monoisotopic (exact) mass is 291 g/mol. The van der Waals surface area contributed by atoms with Crippen molar-refractivity contribution in [2.45, 2.75) is 38.8 Å². The topological polar surface area (TPSA) is 79.5 Å². The third-order valence-corrected chi connectivity index (χ3v) is 2.85. The minimum atomic E-state index is -0.306. The predicted molar refractivity (Wildman–Crippen MR) is 80.4 cm³/mol. The largest absolute Gasteiger partial charge is 0.489 e. The van der Waals surface area contributed by atoms with E-state index >= 15 is 0 Å². The summed E-state index contributed by atoms with van der Waals surface area (Å²) in [6.45, 7) is 3.76. The standard InChI is InChI=1S/C15H21N3O3/c1-10(2)21-13-6-4-3-5-12(13)18-14(19)9-16-15(20)17-11-7-8-11/h3-6,10-11H,7-9H2,1-2H3,(H,18,19)(H2,16,17,20). The normalized spacial score (nSPS) is 13.7. The van der Waals surface area contributed by atoms with Crippen LogP contribution in [0.1, 0.15) is 26.7 Å². The number of benzene rings is 1. The van der Waals surface area contributed by atoms with Crippen LogP contribution in [-0.4, -0.2) is 30.6 Å². The summed E-state index contributed by atoms with van der Waals surface area (Å²) in [6.07, 6.45) is 2.05. The van der Waals surface area contributed by atoms with Crippen molar-refractivity contribution in [3.8, 4) is 5.75 Å². The number of hydrogen-bond acceptors (Lipinski definition) is 3. The number of nitrogens with one attached hydrogen (secondary N) is 3. The first kappa shape index (κ1) is 15.2. The molecule has 6 nitrogen and oxygen atoms in total.